The van der Waals surface area contributed by atoms with Gasteiger partial charge in [-0.05, 0) is 11.1 Å². The Hall–Kier alpha value is 0.507. The van der Waals surface area contributed by atoms with Gasteiger partial charge in [-0.2, -0.15) is 11.1 Å². The van der Waals surface area contributed by atoms with Gasteiger partial charge < -0.3 is 0 Å². The smallest absolute Gasteiger partial charge is 0.147 e. The topological polar surface area (TPSA) is 0 Å². The van der Waals surface area contributed by atoms with Crippen molar-refractivity contribution < 1.29 is 0 Å². The summed E-state index contributed by atoms with van der Waals surface area (Å²) in [6.07, 6.45) is 11.7. The number of hydrogen-bond donors (Lipinski definition) is 0. The Morgan fingerprint density at radius 3 is 1.42 bits per heavy atom. The molecule has 0 atom stereocenters. The molecule has 0 aliphatic heterocycles. The second-order valence-electron chi connectivity index (χ2n) is 4.53. The van der Waals surface area contributed by atoms with Crippen LogP contribution in [0.3, 0.4) is 0 Å². The fourth-order valence-electron chi connectivity index (χ4n) is 2.94. The second kappa shape index (κ2) is 4.14. The highest BCUT2D eigenvalue weighted by Gasteiger charge is 2.32. The van der Waals surface area contributed by atoms with Crippen molar-refractivity contribution in [2.75, 3.05) is 0 Å². The van der Waals surface area contributed by atoms with Crippen LogP contribution in [0.1, 0.15) is 51.4 Å². The van der Waals surface area contributed by atoms with Gasteiger partial charge in [0.05, 0.1) is 0 Å². The van der Waals surface area contributed by atoms with Crippen LogP contribution in [-0.4, -0.2) is 8.11 Å². The van der Waals surface area contributed by atoms with Crippen molar-refractivity contribution in [3.63, 3.8) is 0 Å². The molecule has 2 fully saturated rings. The van der Waals surface area contributed by atoms with Gasteiger partial charge in [0.2, 0.25) is 0 Å². The summed E-state index contributed by atoms with van der Waals surface area (Å²) in [6.45, 7) is 0. The molecule has 0 aromatic heterocycles. The summed E-state index contributed by atoms with van der Waals surface area (Å²) in [5, 5.41) is 0. The van der Waals surface area contributed by atoms with Crippen LogP contribution in [0.25, 0.3) is 0 Å². The summed E-state index contributed by atoms with van der Waals surface area (Å²) in [5.41, 5.74) is 2.02. The molecule has 0 spiro atoms. The summed E-state index contributed by atoms with van der Waals surface area (Å²) < 4.78 is 0. The third-order valence-electron chi connectivity index (χ3n) is 3.70. The molecule has 0 bridgehead atoms. The number of hydrogen-bond acceptors (Lipinski definition) is 0. The molecule has 0 unspecified atom stereocenters. The lowest BCUT2D eigenvalue weighted by molar-refractivity contribution is 0.789. The Kier molecular flexibility index (Phi) is 3.14. The van der Waals surface area contributed by atoms with Crippen molar-refractivity contribution in [2.45, 2.75) is 62.4 Å². The Morgan fingerprint density at radius 1 is 0.750 bits per heavy atom. The molecule has 0 radical (unpaired) electrons. The van der Waals surface area contributed by atoms with Crippen LogP contribution in [-0.2, 0) is 0 Å². The Morgan fingerprint density at radius 2 is 1.08 bits per heavy atom. The summed E-state index contributed by atoms with van der Waals surface area (Å²) in [5.74, 6) is 0. The van der Waals surface area contributed by atoms with Gasteiger partial charge in [0.25, 0.3) is 0 Å². The van der Waals surface area contributed by atoms with Gasteiger partial charge in [-0.1, -0.05) is 51.4 Å². The van der Waals surface area contributed by atoms with Crippen LogP contribution in [0.2, 0.25) is 11.1 Å². The third-order valence-corrected chi connectivity index (χ3v) is 8.97. The largest absolute Gasteiger partial charge is 0.171 e. The fraction of sp³-hybridized carbons (Fsp3) is 1.00. The molecule has 2 rings (SSSR count). The Bertz CT molecular complexity index is 121. The maximum Gasteiger partial charge on any atom is 0.147 e. The molecule has 0 heterocycles. The van der Waals surface area contributed by atoms with E-state index in [4.69, 9.17) is 11.1 Å². The van der Waals surface area contributed by atoms with Gasteiger partial charge in [0, 0.05) is 0 Å². The SMILES string of the molecule is Cl[SiH](C1CCCC1)C1CCCC1. The zero-order valence-corrected chi connectivity index (χ0v) is 9.68. The highest BCUT2D eigenvalue weighted by Crippen LogP contribution is 2.44. The molecular formula is C10H19ClSi. The van der Waals surface area contributed by atoms with Gasteiger partial charge in [0.1, 0.15) is 8.11 Å². The van der Waals surface area contributed by atoms with Crippen LogP contribution in [0.15, 0.2) is 0 Å². The molecule has 70 valence electrons. The average molecular weight is 203 g/mol. The van der Waals surface area contributed by atoms with Crippen LogP contribution >= 0.6 is 11.1 Å². The predicted octanol–water partition coefficient (Wildman–Crippen LogP) is 3.84. The minimum absolute atomic E-state index is 0.835. The molecule has 0 nitrogen and oxygen atoms in total. The van der Waals surface area contributed by atoms with Crippen LogP contribution in [0.4, 0.5) is 0 Å². The van der Waals surface area contributed by atoms with Crippen molar-refractivity contribution in [1.82, 2.24) is 0 Å². The van der Waals surface area contributed by atoms with Crippen LogP contribution < -0.4 is 0 Å². The minimum Gasteiger partial charge on any atom is -0.171 e. The first-order chi connectivity index (χ1) is 5.88. The van der Waals surface area contributed by atoms with E-state index in [1.54, 1.807) is 0 Å². The molecule has 0 saturated heterocycles. The standard InChI is InChI=1S/C10H19ClSi/c11-12(9-5-1-2-6-9)10-7-3-4-8-10/h9-10,12H,1-8H2. The zero-order valence-electron chi connectivity index (χ0n) is 7.77. The van der Waals surface area contributed by atoms with E-state index < -0.39 is 8.11 Å². The minimum atomic E-state index is -0.835. The van der Waals surface area contributed by atoms with Crippen molar-refractivity contribution in [3.8, 4) is 0 Å². The first kappa shape index (κ1) is 9.08. The normalized spacial score (nSPS) is 27.5. The lowest BCUT2D eigenvalue weighted by Gasteiger charge is -2.20. The molecule has 12 heavy (non-hydrogen) atoms. The molecule has 2 heteroatoms. The van der Waals surface area contributed by atoms with E-state index in [-0.39, 0.29) is 0 Å². The van der Waals surface area contributed by atoms with E-state index in [9.17, 15) is 0 Å². The molecule has 0 aromatic carbocycles. The summed E-state index contributed by atoms with van der Waals surface area (Å²) in [4.78, 5) is 0. The highest BCUT2D eigenvalue weighted by molar-refractivity contribution is 7.08. The fourth-order valence-corrected chi connectivity index (χ4v) is 7.43. The third kappa shape index (κ3) is 1.87. The molecule has 2 aliphatic carbocycles. The molecular weight excluding hydrogens is 184 g/mol. The maximum atomic E-state index is 6.63. The second-order valence-corrected chi connectivity index (χ2v) is 8.82. The predicted molar refractivity (Wildman–Crippen MR) is 57.4 cm³/mol. The number of halogens is 1. The van der Waals surface area contributed by atoms with Gasteiger partial charge in [0.15, 0.2) is 0 Å². The Labute approximate surface area is 82.0 Å². The van der Waals surface area contributed by atoms with Gasteiger partial charge in [-0.15, -0.1) is 0 Å². The summed E-state index contributed by atoms with van der Waals surface area (Å²) in [6, 6.07) is 0. The van der Waals surface area contributed by atoms with Crippen LogP contribution in [0.5, 0.6) is 0 Å². The molecule has 2 saturated carbocycles. The quantitative estimate of drug-likeness (QED) is 0.472. The van der Waals surface area contributed by atoms with E-state index >= 15 is 0 Å². The monoisotopic (exact) mass is 202 g/mol. The van der Waals surface area contributed by atoms with E-state index in [0.29, 0.717) is 0 Å². The maximum absolute atomic E-state index is 6.63. The summed E-state index contributed by atoms with van der Waals surface area (Å²) in [7, 11) is -0.835. The molecule has 0 amide bonds. The van der Waals surface area contributed by atoms with Gasteiger partial charge in [-0.3, -0.25) is 0 Å². The average Bonchev–Trinajstić information content (AvgIpc) is 2.77. The van der Waals surface area contributed by atoms with E-state index in [1.807, 2.05) is 0 Å². The molecule has 0 N–H and O–H groups in total. The van der Waals surface area contributed by atoms with Crippen molar-refractivity contribution >= 4 is 19.2 Å². The first-order valence-electron chi connectivity index (χ1n) is 5.52. The number of rotatable bonds is 2. The van der Waals surface area contributed by atoms with Crippen molar-refractivity contribution in [3.05, 3.63) is 0 Å². The van der Waals surface area contributed by atoms with E-state index in [2.05, 4.69) is 0 Å². The Balaban J connectivity index is 1.84. The zero-order chi connectivity index (χ0) is 8.39. The first-order valence-corrected chi connectivity index (χ1v) is 8.60. The van der Waals surface area contributed by atoms with Crippen LogP contribution in [0, 0.1) is 0 Å². The molecule has 2 aliphatic rings. The lowest BCUT2D eigenvalue weighted by Crippen LogP contribution is -2.17. The van der Waals surface area contributed by atoms with Crippen molar-refractivity contribution in [2.24, 2.45) is 0 Å². The highest BCUT2D eigenvalue weighted by atomic mass is 35.6. The molecule has 0 aromatic rings. The van der Waals surface area contributed by atoms with E-state index in [1.165, 1.54) is 51.4 Å². The summed E-state index contributed by atoms with van der Waals surface area (Å²) >= 11 is 6.63. The lowest BCUT2D eigenvalue weighted by atomic mass is 10.3. The van der Waals surface area contributed by atoms with Gasteiger partial charge in [-0.25, -0.2) is 0 Å². The van der Waals surface area contributed by atoms with Gasteiger partial charge >= 0.3 is 0 Å². The van der Waals surface area contributed by atoms with Crippen molar-refractivity contribution in [1.29, 1.82) is 0 Å². The van der Waals surface area contributed by atoms with E-state index in [0.717, 1.165) is 11.1 Å².